The molecule has 2 rings (SSSR count). The van der Waals surface area contributed by atoms with Crippen LogP contribution in [0.2, 0.25) is 0 Å². The Bertz CT molecular complexity index is 469. The van der Waals surface area contributed by atoms with Crippen LogP contribution in [-0.2, 0) is 11.2 Å². The number of rotatable bonds is 7. The van der Waals surface area contributed by atoms with Crippen molar-refractivity contribution in [1.29, 1.82) is 0 Å². The summed E-state index contributed by atoms with van der Waals surface area (Å²) < 4.78 is 0. The van der Waals surface area contributed by atoms with Crippen molar-refractivity contribution in [2.45, 2.75) is 38.1 Å². The van der Waals surface area contributed by atoms with Crippen LogP contribution in [-0.4, -0.2) is 23.0 Å². The van der Waals surface area contributed by atoms with E-state index in [0.717, 1.165) is 25.7 Å². The second-order valence-corrected chi connectivity index (χ2v) is 5.25. The minimum atomic E-state index is -0.316. The lowest BCUT2D eigenvalue weighted by Crippen LogP contribution is -2.46. The molecule has 0 bridgehead atoms. The Morgan fingerprint density at radius 3 is 2.70 bits per heavy atom. The highest BCUT2D eigenvalue weighted by Crippen LogP contribution is 2.32. The van der Waals surface area contributed by atoms with E-state index in [1.165, 1.54) is 5.56 Å². The number of hydrogen-bond acceptors (Lipinski definition) is 3. The van der Waals surface area contributed by atoms with Crippen LogP contribution in [0.5, 0.6) is 0 Å². The Morgan fingerprint density at radius 1 is 1.40 bits per heavy atom. The standard InChI is InChI=1S/C15H21N3O2/c16-15(18-20)14(12-9-10-12)17-13(19)8-4-7-11-5-2-1-3-6-11/h1-3,5-6,12,14,20H,4,7-10H2,(H2,16,18)(H,17,19). The van der Waals surface area contributed by atoms with Gasteiger partial charge in [0, 0.05) is 6.42 Å². The normalized spacial score (nSPS) is 16.7. The predicted molar refractivity (Wildman–Crippen MR) is 77.4 cm³/mol. The van der Waals surface area contributed by atoms with Crippen LogP contribution >= 0.6 is 0 Å². The number of amidine groups is 1. The average molecular weight is 275 g/mol. The zero-order valence-electron chi connectivity index (χ0n) is 11.5. The van der Waals surface area contributed by atoms with Crippen LogP contribution in [0.25, 0.3) is 0 Å². The molecular weight excluding hydrogens is 254 g/mol. The summed E-state index contributed by atoms with van der Waals surface area (Å²) in [7, 11) is 0. The van der Waals surface area contributed by atoms with E-state index in [4.69, 9.17) is 10.9 Å². The number of carbonyl (C=O) groups excluding carboxylic acids is 1. The van der Waals surface area contributed by atoms with E-state index < -0.39 is 0 Å². The van der Waals surface area contributed by atoms with Crippen molar-refractivity contribution in [2.75, 3.05) is 0 Å². The molecule has 0 aromatic heterocycles. The minimum absolute atomic E-state index is 0.0376. The van der Waals surface area contributed by atoms with Crippen LogP contribution in [0.1, 0.15) is 31.2 Å². The first-order valence-corrected chi connectivity index (χ1v) is 7.01. The molecule has 1 aliphatic carbocycles. The van der Waals surface area contributed by atoms with Gasteiger partial charge in [-0.15, -0.1) is 0 Å². The van der Waals surface area contributed by atoms with Gasteiger partial charge in [0.2, 0.25) is 5.91 Å². The van der Waals surface area contributed by atoms with Crippen molar-refractivity contribution in [3.63, 3.8) is 0 Å². The van der Waals surface area contributed by atoms with Gasteiger partial charge in [0.15, 0.2) is 5.84 Å². The third-order valence-electron chi connectivity index (χ3n) is 3.56. The number of nitrogens with two attached hydrogens (primary N) is 1. The van der Waals surface area contributed by atoms with Crippen molar-refractivity contribution in [2.24, 2.45) is 16.8 Å². The highest BCUT2D eigenvalue weighted by molar-refractivity contribution is 5.90. The van der Waals surface area contributed by atoms with Gasteiger partial charge in [0.1, 0.15) is 0 Å². The van der Waals surface area contributed by atoms with Gasteiger partial charge in [-0.3, -0.25) is 4.79 Å². The fourth-order valence-electron chi connectivity index (χ4n) is 2.27. The third kappa shape index (κ3) is 4.26. The first-order chi connectivity index (χ1) is 9.70. The van der Waals surface area contributed by atoms with E-state index in [0.29, 0.717) is 12.3 Å². The van der Waals surface area contributed by atoms with Gasteiger partial charge in [0.25, 0.3) is 0 Å². The number of aryl methyl sites for hydroxylation is 1. The molecule has 0 saturated heterocycles. The molecule has 1 aliphatic rings. The molecule has 1 atom stereocenters. The van der Waals surface area contributed by atoms with Crippen molar-refractivity contribution < 1.29 is 10.0 Å². The van der Waals surface area contributed by atoms with Crippen LogP contribution in [0, 0.1) is 5.92 Å². The largest absolute Gasteiger partial charge is 0.409 e. The van der Waals surface area contributed by atoms with Crippen LogP contribution in [0.4, 0.5) is 0 Å². The molecular formula is C15H21N3O2. The second-order valence-electron chi connectivity index (χ2n) is 5.25. The second kappa shape index (κ2) is 6.93. The van der Waals surface area contributed by atoms with Crippen LogP contribution < -0.4 is 11.1 Å². The molecule has 0 aliphatic heterocycles. The molecule has 108 valence electrons. The van der Waals surface area contributed by atoms with Gasteiger partial charge in [-0.25, -0.2) is 0 Å². The number of oxime groups is 1. The number of benzene rings is 1. The molecule has 0 heterocycles. The van der Waals surface area contributed by atoms with E-state index in [9.17, 15) is 4.79 Å². The zero-order valence-corrected chi connectivity index (χ0v) is 11.5. The summed E-state index contributed by atoms with van der Waals surface area (Å²) in [6.07, 6.45) is 4.17. The molecule has 1 saturated carbocycles. The molecule has 1 unspecified atom stereocenters. The van der Waals surface area contributed by atoms with Crippen LogP contribution in [0.3, 0.4) is 0 Å². The Labute approximate surface area is 118 Å². The fourth-order valence-corrected chi connectivity index (χ4v) is 2.27. The van der Waals surface area contributed by atoms with E-state index in [2.05, 4.69) is 22.6 Å². The summed E-state index contributed by atoms with van der Waals surface area (Å²) in [6.45, 7) is 0. The first-order valence-electron chi connectivity index (χ1n) is 7.01. The SMILES string of the molecule is NC(=NO)C(NC(=O)CCCc1ccccc1)C1CC1. The Balaban J connectivity index is 1.74. The Kier molecular flexibility index (Phi) is 4.98. The molecule has 1 aromatic rings. The van der Waals surface area contributed by atoms with Gasteiger partial charge in [-0.1, -0.05) is 35.5 Å². The molecule has 4 N–H and O–H groups in total. The van der Waals surface area contributed by atoms with E-state index in [1.54, 1.807) is 0 Å². The van der Waals surface area contributed by atoms with Crippen molar-refractivity contribution in [3.05, 3.63) is 35.9 Å². The number of hydrogen-bond donors (Lipinski definition) is 3. The zero-order chi connectivity index (χ0) is 14.4. The lowest BCUT2D eigenvalue weighted by molar-refractivity contribution is -0.121. The summed E-state index contributed by atoms with van der Waals surface area (Å²) in [4.78, 5) is 11.9. The molecule has 20 heavy (non-hydrogen) atoms. The molecule has 0 radical (unpaired) electrons. The predicted octanol–water partition coefficient (Wildman–Crippen LogP) is 1.65. The van der Waals surface area contributed by atoms with E-state index >= 15 is 0 Å². The van der Waals surface area contributed by atoms with Gasteiger partial charge < -0.3 is 16.3 Å². The molecule has 0 spiro atoms. The molecule has 1 aromatic carbocycles. The molecule has 5 heteroatoms. The van der Waals surface area contributed by atoms with Gasteiger partial charge in [0.05, 0.1) is 6.04 Å². The lowest BCUT2D eigenvalue weighted by Gasteiger charge is -2.16. The molecule has 5 nitrogen and oxygen atoms in total. The van der Waals surface area contributed by atoms with Gasteiger partial charge >= 0.3 is 0 Å². The van der Waals surface area contributed by atoms with Crippen molar-refractivity contribution >= 4 is 11.7 Å². The maximum atomic E-state index is 11.9. The van der Waals surface area contributed by atoms with E-state index in [1.807, 2.05) is 18.2 Å². The maximum absolute atomic E-state index is 11.9. The minimum Gasteiger partial charge on any atom is -0.409 e. The summed E-state index contributed by atoms with van der Waals surface area (Å²) >= 11 is 0. The lowest BCUT2D eigenvalue weighted by atomic mass is 10.1. The number of amides is 1. The fraction of sp³-hybridized carbons (Fsp3) is 0.467. The topological polar surface area (TPSA) is 87.7 Å². The Morgan fingerprint density at radius 2 is 2.10 bits per heavy atom. The van der Waals surface area contributed by atoms with E-state index in [-0.39, 0.29) is 17.8 Å². The molecule has 1 amide bonds. The van der Waals surface area contributed by atoms with Crippen LogP contribution in [0.15, 0.2) is 35.5 Å². The summed E-state index contributed by atoms with van der Waals surface area (Å²) in [5.74, 6) is 0.386. The smallest absolute Gasteiger partial charge is 0.220 e. The molecule has 1 fully saturated rings. The summed E-state index contributed by atoms with van der Waals surface area (Å²) in [5, 5.41) is 14.6. The first kappa shape index (κ1) is 14.4. The number of carbonyl (C=O) groups is 1. The quantitative estimate of drug-likeness (QED) is 0.306. The van der Waals surface area contributed by atoms with Gasteiger partial charge in [-0.2, -0.15) is 0 Å². The summed E-state index contributed by atoms with van der Waals surface area (Å²) in [6, 6.07) is 9.77. The monoisotopic (exact) mass is 275 g/mol. The number of nitrogens with zero attached hydrogens (tertiary/aromatic N) is 1. The maximum Gasteiger partial charge on any atom is 0.220 e. The number of nitrogens with one attached hydrogen (secondary N) is 1. The average Bonchev–Trinajstić information content (AvgIpc) is 3.29. The summed E-state index contributed by atoms with van der Waals surface area (Å²) in [5.41, 5.74) is 6.84. The van der Waals surface area contributed by atoms with Crippen molar-refractivity contribution in [3.8, 4) is 0 Å². The highest BCUT2D eigenvalue weighted by atomic mass is 16.4. The highest BCUT2D eigenvalue weighted by Gasteiger charge is 2.35. The third-order valence-corrected chi connectivity index (χ3v) is 3.56. The van der Waals surface area contributed by atoms with Gasteiger partial charge in [-0.05, 0) is 37.2 Å². The Hall–Kier alpha value is -2.04. The van der Waals surface area contributed by atoms with Crippen molar-refractivity contribution in [1.82, 2.24) is 5.32 Å².